The maximum absolute atomic E-state index is 13.5. The summed E-state index contributed by atoms with van der Waals surface area (Å²) in [6, 6.07) is 15.3. The molecular formula is C35H49BCl2N2O6. The molecule has 8 nitrogen and oxygen atoms in total. The Balaban J connectivity index is 1.35. The fourth-order valence-electron chi connectivity index (χ4n) is 6.27. The third-order valence-electron chi connectivity index (χ3n) is 9.76. The quantitative estimate of drug-likeness (QED) is 0.110. The summed E-state index contributed by atoms with van der Waals surface area (Å²) in [5.74, 6) is -0.750. The molecule has 2 aromatic rings. The highest BCUT2D eigenvalue weighted by Crippen LogP contribution is 2.40. The van der Waals surface area contributed by atoms with Crippen LogP contribution in [0.4, 0.5) is 5.69 Å². The fraction of sp³-hybridized carbons (Fsp3) is 0.600. The smallest absolute Gasteiger partial charge is 0.457 e. The topological polar surface area (TPSA) is 77.5 Å². The first-order valence-corrected chi connectivity index (χ1v) is 17.2. The van der Waals surface area contributed by atoms with Gasteiger partial charge in [0.2, 0.25) is 0 Å². The van der Waals surface area contributed by atoms with E-state index in [1.54, 1.807) is 0 Å². The first kappa shape index (κ1) is 36.5. The Labute approximate surface area is 285 Å². The number of hydrogen-bond acceptors (Lipinski definition) is 8. The third kappa shape index (κ3) is 9.63. The Morgan fingerprint density at radius 1 is 0.891 bits per heavy atom. The van der Waals surface area contributed by atoms with Crippen LogP contribution in [0.25, 0.3) is 0 Å². The molecule has 1 unspecified atom stereocenters. The van der Waals surface area contributed by atoms with Crippen LogP contribution >= 0.6 is 23.2 Å². The largest absolute Gasteiger partial charge is 0.469 e. The highest BCUT2D eigenvalue weighted by molar-refractivity contribution is 6.45. The normalized spacial score (nSPS) is 19.1. The number of unbranched alkanes of at least 4 members (excludes halogenated alkanes) is 1. The molecule has 2 aromatic carbocycles. The second-order valence-electron chi connectivity index (χ2n) is 13.6. The molecule has 4 rings (SSSR count). The van der Waals surface area contributed by atoms with Crippen molar-refractivity contribution in [2.24, 2.45) is 5.41 Å². The van der Waals surface area contributed by atoms with Gasteiger partial charge >= 0.3 is 19.1 Å². The number of methoxy groups -OCH3 is 1. The average Bonchev–Trinajstić information content (AvgIpc) is 3.25. The number of nitrogens with zero attached hydrogens (tertiary/aromatic N) is 2. The van der Waals surface area contributed by atoms with Crippen LogP contribution in [0.1, 0.15) is 71.8 Å². The lowest BCUT2D eigenvalue weighted by Crippen LogP contribution is -2.47. The predicted molar refractivity (Wildman–Crippen MR) is 184 cm³/mol. The Bertz CT molecular complexity index is 1290. The van der Waals surface area contributed by atoms with E-state index in [-0.39, 0.29) is 37.3 Å². The maximum atomic E-state index is 13.5. The number of ether oxygens (including phenoxy) is 2. The highest BCUT2D eigenvalue weighted by Gasteiger charge is 2.50. The van der Waals surface area contributed by atoms with Crippen LogP contribution in [0.3, 0.4) is 0 Å². The van der Waals surface area contributed by atoms with Gasteiger partial charge in [-0.15, -0.1) is 0 Å². The number of anilines is 1. The number of piperazine rings is 1. The van der Waals surface area contributed by atoms with Crippen LogP contribution in [-0.2, 0) is 35.0 Å². The number of benzene rings is 2. The molecule has 0 aliphatic carbocycles. The molecule has 2 saturated heterocycles. The zero-order valence-corrected chi connectivity index (χ0v) is 29.5. The second-order valence-corrected chi connectivity index (χ2v) is 14.4. The Kier molecular flexibility index (Phi) is 12.9. The van der Waals surface area contributed by atoms with Gasteiger partial charge in [-0.3, -0.25) is 14.5 Å². The van der Waals surface area contributed by atoms with E-state index in [1.807, 2.05) is 76.2 Å². The lowest BCUT2D eigenvalue weighted by molar-refractivity contribution is -0.162. The van der Waals surface area contributed by atoms with Gasteiger partial charge in [0.15, 0.2) is 0 Å². The molecule has 252 valence electrons. The summed E-state index contributed by atoms with van der Waals surface area (Å²) in [5.41, 5.74) is 0.225. The van der Waals surface area contributed by atoms with Gasteiger partial charge in [-0.25, -0.2) is 0 Å². The molecule has 11 heteroatoms. The summed E-state index contributed by atoms with van der Waals surface area (Å²) in [5, 5.41) is 1.11. The average molecular weight is 676 g/mol. The lowest BCUT2D eigenvalue weighted by Gasteiger charge is -2.37. The SMILES string of the molecule is COC(=O)C(CCCCB1OC(C)(C)C(C)(C)O1)(CCCN1CCN(c2ccc(Cl)c(Cl)c2)CC1)CC(=O)OCc1ccccc1. The van der Waals surface area contributed by atoms with Gasteiger partial charge in [-0.05, 0) is 83.6 Å². The van der Waals surface area contributed by atoms with Crippen molar-refractivity contribution >= 4 is 47.9 Å². The molecule has 0 N–H and O–H groups in total. The van der Waals surface area contributed by atoms with E-state index in [1.165, 1.54) is 7.11 Å². The molecular weight excluding hydrogens is 626 g/mol. The van der Waals surface area contributed by atoms with Gasteiger partial charge in [0.1, 0.15) is 6.61 Å². The van der Waals surface area contributed by atoms with Crippen molar-refractivity contribution in [1.29, 1.82) is 0 Å². The van der Waals surface area contributed by atoms with Crippen LogP contribution in [-0.4, -0.2) is 75.0 Å². The minimum atomic E-state index is -0.972. The van der Waals surface area contributed by atoms with Crippen molar-refractivity contribution in [3.63, 3.8) is 0 Å². The first-order chi connectivity index (χ1) is 21.8. The van der Waals surface area contributed by atoms with Gasteiger partial charge < -0.3 is 23.7 Å². The van der Waals surface area contributed by atoms with Crippen molar-refractivity contribution in [2.45, 2.75) is 90.3 Å². The molecule has 0 radical (unpaired) electrons. The maximum Gasteiger partial charge on any atom is 0.457 e. The van der Waals surface area contributed by atoms with Gasteiger partial charge in [-0.2, -0.15) is 0 Å². The second kappa shape index (κ2) is 16.2. The lowest BCUT2D eigenvalue weighted by atomic mass is 9.74. The summed E-state index contributed by atoms with van der Waals surface area (Å²) in [6.45, 7) is 12.7. The summed E-state index contributed by atoms with van der Waals surface area (Å²) in [7, 11) is 1.11. The van der Waals surface area contributed by atoms with Crippen LogP contribution < -0.4 is 4.90 Å². The van der Waals surface area contributed by atoms with Gasteiger partial charge in [0.25, 0.3) is 0 Å². The van der Waals surface area contributed by atoms with Crippen molar-refractivity contribution in [2.75, 3.05) is 44.7 Å². The Morgan fingerprint density at radius 3 is 2.17 bits per heavy atom. The summed E-state index contributed by atoms with van der Waals surface area (Å²) in [6.07, 6.45) is 4.03. The van der Waals surface area contributed by atoms with Crippen LogP contribution in [0.2, 0.25) is 16.4 Å². The molecule has 46 heavy (non-hydrogen) atoms. The van der Waals surface area contributed by atoms with Crippen LogP contribution in [0.15, 0.2) is 48.5 Å². The zero-order chi connectivity index (χ0) is 33.4. The molecule has 2 aliphatic heterocycles. The van der Waals surface area contributed by atoms with Crippen LogP contribution in [0.5, 0.6) is 0 Å². The monoisotopic (exact) mass is 674 g/mol. The van der Waals surface area contributed by atoms with Crippen molar-refractivity contribution < 1.29 is 28.4 Å². The molecule has 2 fully saturated rings. The summed E-state index contributed by atoms with van der Waals surface area (Å²) < 4.78 is 23.4. The number of hydrogen-bond donors (Lipinski definition) is 0. The predicted octanol–water partition coefficient (Wildman–Crippen LogP) is 7.45. The number of carbonyl (C=O) groups excluding carboxylic acids is 2. The number of rotatable bonds is 15. The summed E-state index contributed by atoms with van der Waals surface area (Å²) in [4.78, 5) is 31.4. The molecule has 0 spiro atoms. The van der Waals surface area contributed by atoms with Gasteiger partial charge in [0, 0.05) is 31.9 Å². The minimum Gasteiger partial charge on any atom is -0.469 e. The Hall–Kier alpha value is -2.30. The minimum absolute atomic E-state index is 0.0197. The van der Waals surface area contributed by atoms with E-state index >= 15 is 0 Å². The van der Waals surface area contributed by atoms with E-state index in [9.17, 15) is 9.59 Å². The van der Waals surface area contributed by atoms with Crippen molar-refractivity contribution in [1.82, 2.24) is 4.90 Å². The number of halogens is 2. The molecule has 0 saturated carbocycles. The molecule has 2 aliphatic rings. The van der Waals surface area contributed by atoms with Gasteiger partial charge in [0.05, 0.1) is 40.2 Å². The fourth-order valence-corrected chi connectivity index (χ4v) is 6.56. The van der Waals surface area contributed by atoms with Crippen molar-refractivity contribution in [3.05, 3.63) is 64.1 Å². The van der Waals surface area contributed by atoms with E-state index < -0.39 is 11.4 Å². The van der Waals surface area contributed by atoms with E-state index in [2.05, 4.69) is 9.80 Å². The Morgan fingerprint density at radius 2 is 1.54 bits per heavy atom. The molecule has 0 aromatic heterocycles. The highest BCUT2D eigenvalue weighted by atomic mass is 35.5. The number of carbonyl (C=O) groups is 2. The molecule has 0 bridgehead atoms. The molecule has 2 heterocycles. The van der Waals surface area contributed by atoms with E-state index in [0.717, 1.165) is 63.2 Å². The number of esters is 2. The van der Waals surface area contributed by atoms with Gasteiger partial charge in [-0.1, -0.05) is 66.4 Å². The molecule has 1 atom stereocenters. The summed E-state index contributed by atoms with van der Waals surface area (Å²) >= 11 is 12.4. The van der Waals surface area contributed by atoms with E-state index in [4.69, 9.17) is 42.0 Å². The van der Waals surface area contributed by atoms with E-state index in [0.29, 0.717) is 29.2 Å². The van der Waals surface area contributed by atoms with Crippen LogP contribution in [0, 0.1) is 5.41 Å². The third-order valence-corrected chi connectivity index (χ3v) is 10.5. The standard InChI is InChI=1S/C35H49BCl2N2O6/c1-33(2)34(3,4)46-36(45-33)18-10-9-16-35(32(42)43-5,25-31(41)44-26-27-12-7-6-8-13-27)17-11-19-39-20-22-40(23-21-39)28-14-15-29(37)30(38)24-28/h6-8,12-15,24H,9-11,16-23,25-26H2,1-5H3. The zero-order valence-electron chi connectivity index (χ0n) is 28.0. The molecule has 0 amide bonds. The first-order valence-electron chi connectivity index (χ1n) is 16.4. The van der Waals surface area contributed by atoms with Crippen molar-refractivity contribution in [3.8, 4) is 0 Å².